The van der Waals surface area contributed by atoms with Gasteiger partial charge in [0.05, 0.1) is 6.04 Å². The lowest BCUT2D eigenvalue weighted by atomic mass is 9.97. The first-order valence-electron chi connectivity index (χ1n) is 10.2. The summed E-state index contributed by atoms with van der Waals surface area (Å²) in [7, 11) is 0. The Bertz CT molecular complexity index is 1130. The fourth-order valence-electron chi connectivity index (χ4n) is 3.57. The summed E-state index contributed by atoms with van der Waals surface area (Å²) in [4.78, 5) is 13.1. The van der Waals surface area contributed by atoms with Crippen LogP contribution in [0.3, 0.4) is 0 Å². The molecule has 0 aliphatic heterocycles. The van der Waals surface area contributed by atoms with Gasteiger partial charge in [0, 0.05) is 5.39 Å². The lowest BCUT2D eigenvalue weighted by Gasteiger charge is -2.23. The van der Waals surface area contributed by atoms with Crippen LogP contribution in [0, 0.1) is 6.92 Å². The van der Waals surface area contributed by atoms with E-state index in [4.69, 9.17) is 4.74 Å². The van der Waals surface area contributed by atoms with Crippen LogP contribution in [0.4, 0.5) is 0 Å². The molecule has 2 atom stereocenters. The number of carbonyl (C=O) groups is 1. The summed E-state index contributed by atoms with van der Waals surface area (Å²) in [5.41, 5.74) is 3.26. The minimum absolute atomic E-state index is 0.155. The predicted molar refractivity (Wildman–Crippen MR) is 122 cm³/mol. The fourth-order valence-corrected chi connectivity index (χ4v) is 3.57. The first-order chi connectivity index (χ1) is 14.6. The SMILES string of the molecule is Cc1ccc([C@H](NC(=O)[C@@H](C)Oc2cccc3ccccc23)c2ccccc2)cc1. The van der Waals surface area contributed by atoms with Crippen LogP contribution in [0.5, 0.6) is 5.75 Å². The molecule has 1 N–H and O–H groups in total. The van der Waals surface area contributed by atoms with Gasteiger partial charge < -0.3 is 10.1 Å². The molecule has 0 bridgehead atoms. The van der Waals surface area contributed by atoms with Crippen molar-refractivity contribution in [3.63, 3.8) is 0 Å². The van der Waals surface area contributed by atoms with Crippen molar-refractivity contribution in [3.8, 4) is 5.75 Å². The van der Waals surface area contributed by atoms with Crippen LogP contribution in [0.1, 0.15) is 29.7 Å². The molecule has 0 fully saturated rings. The second-order valence-electron chi connectivity index (χ2n) is 7.50. The number of hydrogen-bond acceptors (Lipinski definition) is 2. The average Bonchev–Trinajstić information content (AvgIpc) is 2.79. The summed E-state index contributed by atoms with van der Waals surface area (Å²) in [5.74, 6) is 0.555. The second-order valence-corrected chi connectivity index (χ2v) is 7.50. The maximum absolute atomic E-state index is 13.1. The molecule has 0 spiro atoms. The standard InChI is InChI=1S/C27H25NO2/c1-19-15-17-23(18-16-19)26(22-10-4-3-5-11-22)28-27(29)20(2)30-25-14-8-12-21-9-6-7-13-24(21)25/h3-18,20,26H,1-2H3,(H,28,29)/t20-,26-/m1/s1. The van der Waals surface area contributed by atoms with Crippen molar-refractivity contribution in [1.29, 1.82) is 0 Å². The predicted octanol–water partition coefficient (Wildman–Crippen LogP) is 5.82. The number of amides is 1. The fraction of sp³-hybridized carbons (Fsp3) is 0.148. The zero-order chi connectivity index (χ0) is 20.9. The van der Waals surface area contributed by atoms with E-state index in [0.717, 1.165) is 21.9 Å². The molecule has 30 heavy (non-hydrogen) atoms. The zero-order valence-corrected chi connectivity index (χ0v) is 17.2. The summed E-state index contributed by atoms with van der Waals surface area (Å²) in [6, 6.07) is 31.9. The van der Waals surface area contributed by atoms with Crippen LogP contribution in [0.15, 0.2) is 97.1 Å². The molecule has 0 unspecified atom stereocenters. The van der Waals surface area contributed by atoms with E-state index in [0.29, 0.717) is 5.75 Å². The van der Waals surface area contributed by atoms with Crippen molar-refractivity contribution in [3.05, 3.63) is 114 Å². The molecular formula is C27H25NO2. The van der Waals surface area contributed by atoms with Crippen LogP contribution in [0.2, 0.25) is 0 Å². The van der Waals surface area contributed by atoms with Crippen LogP contribution in [-0.2, 0) is 4.79 Å². The highest BCUT2D eigenvalue weighted by atomic mass is 16.5. The van der Waals surface area contributed by atoms with Crippen LogP contribution in [0.25, 0.3) is 10.8 Å². The molecule has 4 aromatic carbocycles. The third kappa shape index (κ3) is 4.36. The first-order valence-corrected chi connectivity index (χ1v) is 10.2. The van der Waals surface area contributed by atoms with Crippen LogP contribution >= 0.6 is 0 Å². The van der Waals surface area contributed by atoms with E-state index < -0.39 is 6.10 Å². The van der Waals surface area contributed by atoms with Gasteiger partial charge in [-0.05, 0) is 36.4 Å². The smallest absolute Gasteiger partial charge is 0.261 e. The number of benzene rings is 4. The molecule has 4 rings (SSSR count). The largest absolute Gasteiger partial charge is 0.480 e. The molecule has 0 aliphatic rings. The number of hydrogen-bond donors (Lipinski definition) is 1. The first kappa shape index (κ1) is 19.7. The molecular weight excluding hydrogens is 370 g/mol. The second kappa shape index (κ2) is 8.83. The van der Waals surface area contributed by atoms with E-state index in [2.05, 4.69) is 36.5 Å². The van der Waals surface area contributed by atoms with Gasteiger partial charge in [0.25, 0.3) is 5.91 Å². The molecule has 0 aliphatic carbocycles. The highest BCUT2D eigenvalue weighted by Crippen LogP contribution is 2.27. The van der Waals surface area contributed by atoms with Gasteiger partial charge in [-0.25, -0.2) is 0 Å². The number of aryl methyl sites for hydroxylation is 1. The van der Waals surface area contributed by atoms with Gasteiger partial charge in [0.1, 0.15) is 5.75 Å². The highest BCUT2D eigenvalue weighted by molar-refractivity contribution is 5.89. The van der Waals surface area contributed by atoms with Crippen molar-refractivity contribution in [2.75, 3.05) is 0 Å². The molecule has 3 heteroatoms. The molecule has 0 aromatic heterocycles. The van der Waals surface area contributed by atoms with Gasteiger partial charge in [0.2, 0.25) is 0 Å². The number of ether oxygens (including phenoxy) is 1. The third-order valence-corrected chi connectivity index (χ3v) is 5.25. The lowest BCUT2D eigenvalue weighted by molar-refractivity contribution is -0.127. The van der Waals surface area contributed by atoms with E-state index in [1.54, 1.807) is 6.92 Å². The Morgan fingerprint density at radius 2 is 1.40 bits per heavy atom. The maximum atomic E-state index is 13.1. The van der Waals surface area contributed by atoms with E-state index in [1.165, 1.54) is 5.56 Å². The Hall–Kier alpha value is -3.59. The van der Waals surface area contributed by atoms with E-state index in [9.17, 15) is 4.79 Å². The quantitative estimate of drug-likeness (QED) is 0.447. The lowest BCUT2D eigenvalue weighted by Crippen LogP contribution is -2.39. The molecule has 4 aromatic rings. The van der Waals surface area contributed by atoms with E-state index in [1.807, 2.05) is 72.8 Å². The molecule has 0 saturated carbocycles. The summed E-state index contributed by atoms with van der Waals surface area (Å²) < 4.78 is 6.07. The van der Waals surface area contributed by atoms with Crippen molar-refractivity contribution in [1.82, 2.24) is 5.32 Å². The van der Waals surface area contributed by atoms with E-state index >= 15 is 0 Å². The summed E-state index contributed by atoms with van der Waals surface area (Å²) in [6.45, 7) is 3.84. The monoisotopic (exact) mass is 395 g/mol. The van der Waals surface area contributed by atoms with Crippen molar-refractivity contribution >= 4 is 16.7 Å². The minimum atomic E-state index is -0.632. The minimum Gasteiger partial charge on any atom is -0.480 e. The molecule has 150 valence electrons. The van der Waals surface area contributed by atoms with Crippen molar-refractivity contribution in [2.45, 2.75) is 26.0 Å². The Balaban J connectivity index is 1.56. The zero-order valence-electron chi connectivity index (χ0n) is 17.2. The number of carbonyl (C=O) groups excluding carboxylic acids is 1. The summed E-state index contributed by atoms with van der Waals surface area (Å²) in [6.07, 6.45) is -0.632. The molecule has 1 amide bonds. The highest BCUT2D eigenvalue weighted by Gasteiger charge is 2.22. The van der Waals surface area contributed by atoms with Gasteiger partial charge in [0.15, 0.2) is 6.10 Å². The molecule has 0 heterocycles. The Kier molecular flexibility index (Phi) is 5.80. The maximum Gasteiger partial charge on any atom is 0.261 e. The topological polar surface area (TPSA) is 38.3 Å². The number of fused-ring (bicyclic) bond motifs is 1. The normalized spacial score (nSPS) is 12.9. The van der Waals surface area contributed by atoms with Crippen molar-refractivity contribution < 1.29 is 9.53 Å². The Labute approximate surface area is 177 Å². The summed E-state index contributed by atoms with van der Waals surface area (Å²) >= 11 is 0. The molecule has 0 saturated heterocycles. The Morgan fingerprint density at radius 3 is 2.17 bits per heavy atom. The van der Waals surface area contributed by atoms with Gasteiger partial charge in [-0.3, -0.25) is 4.79 Å². The molecule has 3 nitrogen and oxygen atoms in total. The van der Waals surface area contributed by atoms with E-state index in [-0.39, 0.29) is 11.9 Å². The molecule has 0 radical (unpaired) electrons. The van der Waals surface area contributed by atoms with Crippen LogP contribution < -0.4 is 10.1 Å². The van der Waals surface area contributed by atoms with Gasteiger partial charge in [-0.2, -0.15) is 0 Å². The summed E-state index contributed by atoms with van der Waals surface area (Å²) in [5, 5.41) is 5.26. The number of nitrogens with one attached hydrogen (secondary N) is 1. The van der Waals surface area contributed by atoms with Crippen molar-refractivity contribution in [2.24, 2.45) is 0 Å². The number of rotatable bonds is 6. The average molecular weight is 396 g/mol. The van der Waals surface area contributed by atoms with Gasteiger partial charge in [-0.15, -0.1) is 0 Å². The van der Waals surface area contributed by atoms with Gasteiger partial charge in [-0.1, -0.05) is 96.6 Å². The van der Waals surface area contributed by atoms with Gasteiger partial charge >= 0.3 is 0 Å². The van der Waals surface area contributed by atoms with Crippen LogP contribution in [-0.4, -0.2) is 12.0 Å². The third-order valence-electron chi connectivity index (χ3n) is 5.25. The Morgan fingerprint density at radius 1 is 0.767 bits per heavy atom.